The van der Waals surface area contributed by atoms with Crippen LogP contribution in [0.1, 0.15) is 11.1 Å². The third kappa shape index (κ3) is 4.19. The van der Waals surface area contributed by atoms with E-state index in [4.69, 9.17) is 10.2 Å². The maximum Gasteiger partial charge on any atom is 0.340 e. The molecular weight excluding hydrogens is 380 g/mol. The second-order valence-electron chi connectivity index (χ2n) is 7.14. The molecule has 0 spiro atoms. The molecule has 0 radical (unpaired) electrons. The van der Waals surface area contributed by atoms with Gasteiger partial charge in [-0.1, -0.05) is 91.0 Å². The first kappa shape index (κ1) is 18.7. The van der Waals surface area contributed by atoms with Gasteiger partial charge in [-0.2, -0.15) is 0 Å². The number of hydrogen-bond donors (Lipinski definition) is 0. The van der Waals surface area contributed by atoms with Crippen molar-refractivity contribution in [3.63, 3.8) is 0 Å². The molecule has 4 heteroatoms. The first-order chi connectivity index (χ1) is 15.4. The molecular formula is C27H21N4+. The van der Waals surface area contributed by atoms with E-state index in [-0.39, 0.29) is 0 Å². The number of tetrazole rings is 1. The number of rotatable bonds is 5. The summed E-state index contributed by atoms with van der Waals surface area (Å²) in [5, 5.41) is 9.58. The van der Waals surface area contributed by atoms with Gasteiger partial charge >= 0.3 is 5.82 Å². The lowest BCUT2D eigenvalue weighted by Gasteiger charge is -2.00. The molecule has 0 aliphatic carbocycles. The average Bonchev–Trinajstić information content (AvgIpc) is 3.30. The Morgan fingerprint density at radius 3 is 1.77 bits per heavy atom. The molecule has 0 saturated heterocycles. The van der Waals surface area contributed by atoms with Crippen LogP contribution in [0, 0.1) is 0 Å². The molecule has 0 saturated carbocycles. The Labute approximate surface area is 181 Å². The molecule has 0 amide bonds. The summed E-state index contributed by atoms with van der Waals surface area (Å²) >= 11 is 0. The molecule has 1 aromatic heterocycles. The molecule has 0 bridgehead atoms. The van der Waals surface area contributed by atoms with E-state index in [1.54, 1.807) is 0 Å². The van der Waals surface area contributed by atoms with E-state index < -0.39 is 0 Å². The van der Waals surface area contributed by atoms with Crippen molar-refractivity contribution < 1.29 is 4.80 Å². The van der Waals surface area contributed by atoms with Gasteiger partial charge in [0.1, 0.15) is 5.69 Å². The van der Waals surface area contributed by atoms with Gasteiger partial charge in [-0.15, -0.1) is 0 Å². The van der Waals surface area contributed by atoms with Gasteiger partial charge in [-0.25, -0.2) is 0 Å². The fraction of sp³-hybridized carbons (Fsp3) is 0. The summed E-state index contributed by atoms with van der Waals surface area (Å²) in [4.78, 5) is 3.67. The average molecular weight is 401 g/mol. The first-order valence-electron chi connectivity index (χ1n) is 10.2. The summed E-state index contributed by atoms with van der Waals surface area (Å²) in [6, 6.07) is 38.7. The van der Waals surface area contributed by atoms with Crippen LogP contribution in [0.15, 0.2) is 115 Å². The minimum atomic E-state index is 0.678. The summed E-state index contributed by atoms with van der Waals surface area (Å²) in [5.41, 5.74) is 5.17. The van der Waals surface area contributed by atoms with Gasteiger partial charge in [-0.05, 0) is 57.4 Å². The fourth-order valence-electron chi connectivity index (χ4n) is 3.36. The topological polar surface area (TPSA) is 34.6 Å². The molecule has 0 N–H and O–H groups in total. The highest BCUT2D eigenvalue weighted by Gasteiger charge is 2.22. The molecule has 148 valence electrons. The van der Waals surface area contributed by atoms with Crippen molar-refractivity contribution in [1.29, 1.82) is 0 Å². The van der Waals surface area contributed by atoms with Crippen LogP contribution < -0.4 is 4.80 Å². The molecule has 0 atom stereocenters. The molecule has 31 heavy (non-hydrogen) atoms. The minimum Gasteiger partial charge on any atom is -0.0622 e. The Hall–Kier alpha value is -4.31. The largest absolute Gasteiger partial charge is 0.340 e. The van der Waals surface area contributed by atoms with Gasteiger partial charge < -0.3 is 0 Å². The Balaban J connectivity index is 1.51. The fourth-order valence-corrected chi connectivity index (χ4v) is 3.36. The maximum atomic E-state index is 4.80. The lowest BCUT2D eigenvalue weighted by Crippen LogP contribution is -2.43. The van der Waals surface area contributed by atoms with E-state index in [9.17, 15) is 0 Å². The third-order valence-corrected chi connectivity index (χ3v) is 4.97. The van der Waals surface area contributed by atoms with E-state index in [1.165, 1.54) is 5.56 Å². The zero-order valence-electron chi connectivity index (χ0n) is 16.9. The van der Waals surface area contributed by atoms with Crippen LogP contribution in [-0.4, -0.2) is 15.0 Å². The molecule has 5 aromatic rings. The van der Waals surface area contributed by atoms with Crippen molar-refractivity contribution in [2.24, 2.45) is 0 Å². The highest BCUT2D eigenvalue weighted by atomic mass is 15.7. The van der Waals surface area contributed by atoms with E-state index in [1.807, 2.05) is 88.5 Å². The van der Waals surface area contributed by atoms with Crippen LogP contribution >= 0.6 is 0 Å². The quantitative estimate of drug-likeness (QED) is 0.293. The predicted molar refractivity (Wildman–Crippen MR) is 124 cm³/mol. The molecule has 1 heterocycles. The van der Waals surface area contributed by atoms with Crippen LogP contribution in [0.2, 0.25) is 0 Å². The molecule has 4 aromatic carbocycles. The van der Waals surface area contributed by atoms with Gasteiger partial charge in [0.05, 0.1) is 10.7 Å². The Morgan fingerprint density at radius 2 is 1.13 bits per heavy atom. The highest BCUT2D eigenvalue weighted by molar-refractivity contribution is 5.69. The number of nitrogens with zero attached hydrogens (tertiary/aromatic N) is 4. The van der Waals surface area contributed by atoms with E-state index in [0.717, 1.165) is 22.5 Å². The van der Waals surface area contributed by atoms with E-state index in [0.29, 0.717) is 5.82 Å². The van der Waals surface area contributed by atoms with Crippen molar-refractivity contribution in [1.82, 2.24) is 15.0 Å². The first-order valence-corrected chi connectivity index (χ1v) is 10.2. The van der Waals surface area contributed by atoms with Crippen molar-refractivity contribution >= 4 is 12.2 Å². The monoisotopic (exact) mass is 401 g/mol. The number of hydrogen-bond acceptors (Lipinski definition) is 2. The molecule has 0 aliphatic heterocycles. The minimum absolute atomic E-state index is 0.678. The third-order valence-electron chi connectivity index (χ3n) is 4.97. The zero-order chi connectivity index (χ0) is 20.9. The number of aromatic nitrogens is 4. The zero-order valence-corrected chi connectivity index (χ0v) is 16.9. The molecule has 5 rings (SSSR count). The predicted octanol–water partition coefficient (Wildman–Crippen LogP) is 5.38. The van der Waals surface area contributed by atoms with Crippen molar-refractivity contribution in [2.75, 3.05) is 0 Å². The standard InChI is InChI=1S/C27H21N4/c1-4-10-22(11-5-1)16-17-23-18-20-26(21-19-23)31-29-27(24-12-6-2-7-13-24)28-30(31)25-14-8-3-9-15-25/h1-21H/q+1/b17-16-. The van der Waals surface area contributed by atoms with Gasteiger partial charge in [0.15, 0.2) is 5.69 Å². The lowest BCUT2D eigenvalue weighted by molar-refractivity contribution is -0.734. The normalized spacial score (nSPS) is 11.1. The van der Waals surface area contributed by atoms with Crippen LogP contribution in [0.5, 0.6) is 0 Å². The number of para-hydroxylation sites is 1. The summed E-state index contributed by atoms with van der Waals surface area (Å²) in [7, 11) is 0. The summed E-state index contributed by atoms with van der Waals surface area (Å²) in [6.07, 6.45) is 4.23. The van der Waals surface area contributed by atoms with Crippen LogP contribution in [0.3, 0.4) is 0 Å². The molecule has 4 nitrogen and oxygen atoms in total. The van der Waals surface area contributed by atoms with Gasteiger partial charge in [-0.3, -0.25) is 0 Å². The van der Waals surface area contributed by atoms with Crippen molar-refractivity contribution in [3.8, 4) is 22.8 Å². The summed E-state index contributed by atoms with van der Waals surface area (Å²) in [5.74, 6) is 0.678. The second kappa shape index (κ2) is 8.59. The van der Waals surface area contributed by atoms with Crippen LogP contribution in [-0.2, 0) is 0 Å². The van der Waals surface area contributed by atoms with Gasteiger partial charge in [0.25, 0.3) is 0 Å². The lowest BCUT2D eigenvalue weighted by atomic mass is 10.1. The molecule has 0 fully saturated rings. The smallest absolute Gasteiger partial charge is 0.0622 e. The van der Waals surface area contributed by atoms with Gasteiger partial charge in [0.2, 0.25) is 0 Å². The maximum absolute atomic E-state index is 4.80. The van der Waals surface area contributed by atoms with Gasteiger partial charge in [0, 0.05) is 4.80 Å². The number of benzene rings is 4. The van der Waals surface area contributed by atoms with E-state index >= 15 is 0 Å². The second-order valence-corrected chi connectivity index (χ2v) is 7.14. The Bertz CT molecular complexity index is 1290. The van der Waals surface area contributed by atoms with Crippen LogP contribution in [0.25, 0.3) is 34.9 Å². The SMILES string of the molecule is C(=C/c1ccc(-[n+]2nc(-c3ccccc3)nn2-c2ccccc2)cc1)/c1ccccc1. The summed E-state index contributed by atoms with van der Waals surface area (Å²) < 4.78 is 0. The van der Waals surface area contributed by atoms with Crippen molar-refractivity contribution in [2.45, 2.75) is 0 Å². The Morgan fingerprint density at radius 1 is 0.581 bits per heavy atom. The summed E-state index contributed by atoms with van der Waals surface area (Å²) in [6.45, 7) is 0. The Kier molecular flexibility index (Phi) is 5.18. The molecule has 0 unspecified atom stereocenters. The van der Waals surface area contributed by atoms with E-state index in [2.05, 4.69) is 48.6 Å². The highest BCUT2D eigenvalue weighted by Crippen LogP contribution is 2.15. The van der Waals surface area contributed by atoms with Crippen LogP contribution in [0.4, 0.5) is 0 Å². The van der Waals surface area contributed by atoms with Crippen molar-refractivity contribution in [3.05, 3.63) is 126 Å². The molecule has 0 aliphatic rings.